The SMILES string of the molecule is CC1(C)CCC(C)(C)c2cc(CC(=O)Oc3ccc(Cl)cc3)ccc21. The molecule has 0 spiro atoms. The second kappa shape index (κ2) is 6.49. The Labute approximate surface area is 155 Å². The maximum absolute atomic E-state index is 12.3. The van der Waals surface area contributed by atoms with E-state index in [1.165, 1.54) is 17.5 Å². The molecule has 3 heteroatoms. The van der Waals surface area contributed by atoms with E-state index in [1.54, 1.807) is 24.3 Å². The predicted octanol–water partition coefficient (Wildman–Crippen LogP) is 5.84. The largest absolute Gasteiger partial charge is 0.426 e. The Balaban J connectivity index is 1.80. The van der Waals surface area contributed by atoms with E-state index in [9.17, 15) is 4.79 Å². The van der Waals surface area contributed by atoms with Gasteiger partial charge in [0.2, 0.25) is 0 Å². The highest BCUT2D eigenvalue weighted by Crippen LogP contribution is 2.45. The van der Waals surface area contributed by atoms with E-state index in [-0.39, 0.29) is 23.2 Å². The molecule has 0 aromatic heterocycles. The summed E-state index contributed by atoms with van der Waals surface area (Å²) >= 11 is 5.85. The number of rotatable bonds is 3. The third kappa shape index (κ3) is 3.90. The fourth-order valence-corrected chi connectivity index (χ4v) is 3.71. The number of esters is 1. The Hall–Kier alpha value is -1.80. The standard InChI is InChI=1S/C22H25ClO2/c1-21(2)11-12-22(3,4)19-13-15(5-10-18(19)21)14-20(24)25-17-8-6-16(23)7-9-17/h5-10,13H,11-12,14H2,1-4H3. The van der Waals surface area contributed by atoms with Crippen LogP contribution in [-0.2, 0) is 22.0 Å². The Kier molecular flexibility index (Phi) is 4.68. The maximum atomic E-state index is 12.3. The van der Waals surface area contributed by atoms with Gasteiger partial charge in [-0.25, -0.2) is 0 Å². The number of hydrogen-bond donors (Lipinski definition) is 0. The molecule has 0 saturated carbocycles. The smallest absolute Gasteiger partial charge is 0.315 e. The molecule has 0 unspecified atom stereocenters. The quantitative estimate of drug-likeness (QED) is 0.510. The summed E-state index contributed by atoms with van der Waals surface area (Å²) in [6.45, 7) is 9.18. The zero-order valence-corrected chi connectivity index (χ0v) is 16.1. The molecule has 0 bridgehead atoms. The number of carbonyl (C=O) groups excluding carboxylic acids is 1. The fraction of sp³-hybridized carbons (Fsp3) is 0.409. The normalized spacial score (nSPS) is 17.6. The summed E-state index contributed by atoms with van der Waals surface area (Å²) in [6.07, 6.45) is 2.61. The number of carbonyl (C=O) groups is 1. The number of fused-ring (bicyclic) bond motifs is 1. The van der Waals surface area contributed by atoms with Crippen molar-refractivity contribution in [2.45, 2.75) is 57.8 Å². The van der Waals surface area contributed by atoms with E-state index in [2.05, 4.69) is 45.9 Å². The van der Waals surface area contributed by atoms with Gasteiger partial charge in [-0.1, -0.05) is 57.5 Å². The number of ether oxygens (including phenoxy) is 1. The van der Waals surface area contributed by atoms with E-state index >= 15 is 0 Å². The van der Waals surface area contributed by atoms with Crippen molar-refractivity contribution in [1.29, 1.82) is 0 Å². The molecular formula is C22H25ClO2. The van der Waals surface area contributed by atoms with E-state index < -0.39 is 0 Å². The van der Waals surface area contributed by atoms with Crippen molar-refractivity contribution >= 4 is 17.6 Å². The molecule has 1 aliphatic carbocycles. The third-order valence-electron chi connectivity index (χ3n) is 5.31. The minimum atomic E-state index is -0.254. The van der Waals surface area contributed by atoms with Crippen molar-refractivity contribution in [2.75, 3.05) is 0 Å². The van der Waals surface area contributed by atoms with Crippen LogP contribution >= 0.6 is 11.6 Å². The topological polar surface area (TPSA) is 26.3 Å². The number of halogens is 1. The van der Waals surface area contributed by atoms with E-state index in [0.29, 0.717) is 10.8 Å². The van der Waals surface area contributed by atoms with E-state index in [4.69, 9.17) is 16.3 Å². The molecule has 132 valence electrons. The molecule has 0 atom stereocenters. The average Bonchev–Trinajstić information content (AvgIpc) is 2.54. The first-order chi connectivity index (χ1) is 11.7. The first kappa shape index (κ1) is 18.0. The van der Waals surface area contributed by atoms with Gasteiger partial charge < -0.3 is 4.74 Å². The fourth-order valence-electron chi connectivity index (χ4n) is 3.58. The van der Waals surface area contributed by atoms with Crippen LogP contribution < -0.4 is 4.74 Å². The molecule has 0 aliphatic heterocycles. The van der Waals surface area contributed by atoms with Gasteiger partial charge in [0.05, 0.1) is 6.42 Å². The van der Waals surface area contributed by atoms with Crippen molar-refractivity contribution in [1.82, 2.24) is 0 Å². The molecule has 0 saturated heterocycles. The first-order valence-corrected chi connectivity index (χ1v) is 9.15. The third-order valence-corrected chi connectivity index (χ3v) is 5.56. The summed E-state index contributed by atoms with van der Waals surface area (Å²) in [7, 11) is 0. The van der Waals surface area contributed by atoms with Gasteiger partial charge in [0.15, 0.2) is 0 Å². The van der Waals surface area contributed by atoms with Crippen LogP contribution in [0.5, 0.6) is 5.75 Å². The highest BCUT2D eigenvalue weighted by atomic mass is 35.5. The van der Waals surface area contributed by atoms with Crippen molar-refractivity contribution in [3.63, 3.8) is 0 Å². The Morgan fingerprint density at radius 1 is 0.960 bits per heavy atom. The van der Waals surface area contributed by atoms with Gasteiger partial charge >= 0.3 is 5.97 Å². The molecule has 0 N–H and O–H groups in total. The van der Waals surface area contributed by atoms with Gasteiger partial charge in [0.1, 0.15) is 5.75 Å². The van der Waals surface area contributed by atoms with E-state index in [1.807, 2.05) is 0 Å². The molecule has 2 aromatic rings. The molecule has 0 fully saturated rings. The summed E-state index contributed by atoms with van der Waals surface area (Å²) in [6, 6.07) is 13.3. The van der Waals surface area contributed by atoms with Crippen LogP contribution in [-0.4, -0.2) is 5.97 Å². The molecule has 0 amide bonds. The van der Waals surface area contributed by atoms with Crippen LogP contribution in [0.1, 0.15) is 57.2 Å². The average molecular weight is 357 g/mol. The minimum absolute atomic E-state index is 0.140. The van der Waals surface area contributed by atoms with Crippen LogP contribution in [0.3, 0.4) is 0 Å². The van der Waals surface area contributed by atoms with Gasteiger partial charge in [-0.3, -0.25) is 4.79 Å². The van der Waals surface area contributed by atoms with Crippen LogP contribution in [0.4, 0.5) is 0 Å². The van der Waals surface area contributed by atoms with Crippen LogP contribution in [0.25, 0.3) is 0 Å². The highest BCUT2D eigenvalue weighted by Gasteiger charge is 2.36. The lowest BCUT2D eigenvalue weighted by Crippen LogP contribution is -2.34. The van der Waals surface area contributed by atoms with Crippen LogP contribution in [0.15, 0.2) is 42.5 Å². The molecule has 2 nitrogen and oxygen atoms in total. The second-order valence-corrected chi connectivity index (χ2v) is 8.69. The summed E-state index contributed by atoms with van der Waals surface area (Å²) in [4.78, 5) is 12.3. The van der Waals surface area contributed by atoms with Gasteiger partial charge in [-0.15, -0.1) is 0 Å². The highest BCUT2D eigenvalue weighted by molar-refractivity contribution is 6.30. The Bertz CT molecular complexity index is 788. The second-order valence-electron chi connectivity index (χ2n) is 8.25. The zero-order valence-electron chi connectivity index (χ0n) is 15.4. The summed E-state index contributed by atoms with van der Waals surface area (Å²) in [5.74, 6) is 0.268. The number of benzene rings is 2. The molecule has 2 aromatic carbocycles. The lowest BCUT2D eigenvalue weighted by molar-refractivity contribution is -0.133. The van der Waals surface area contributed by atoms with Crippen molar-refractivity contribution in [2.24, 2.45) is 0 Å². The summed E-state index contributed by atoms with van der Waals surface area (Å²) in [5.41, 5.74) is 4.09. The molecule has 1 aliphatic rings. The van der Waals surface area contributed by atoms with Gasteiger partial charge in [0.25, 0.3) is 0 Å². The van der Waals surface area contributed by atoms with Crippen molar-refractivity contribution < 1.29 is 9.53 Å². The predicted molar refractivity (Wildman–Crippen MR) is 103 cm³/mol. The summed E-state index contributed by atoms with van der Waals surface area (Å²) in [5, 5.41) is 0.624. The Morgan fingerprint density at radius 2 is 1.56 bits per heavy atom. The lowest BCUT2D eigenvalue weighted by atomic mass is 9.63. The van der Waals surface area contributed by atoms with Crippen molar-refractivity contribution in [3.8, 4) is 5.75 Å². The van der Waals surface area contributed by atoms with Crippen molar-refractivity contribution in [3.05, 3.63) is 64.2 Å². The number of hydrogen-bond acceptors (Lipinski definition) is 2. The summed E-state index contributed by atoms with van der Waals surface area (Å²) < 4.78 is 5.41. The Morgan fingerprint density at radius 3 is 2.20 bits per heavy atom. The van der Waals surface area contributed by atoms with E-state index in [0.717, 1.165) is 12.0 Å². The molecule has 0 radical (unpaired) electrons. The lowest BCUT2D eigenvalue weighted by Gasteiger charge is -2.42. The monoisotopic (exact) mass is 356 g/mol. The van der Waals surface area contributed by atoms with Crippen LogP contribution in [0.2, 0.25) is 5.02 Å². The van der Waals surface area contributed by atoms with Gasteiger partial charge in [-0.2, -0.15) is 0 Å². The molecular weight excluding hydrogens is 332 g/mol. The molecule has 25 heavy (non-hydrogen) atoms. The molecule has 3 rings (SSSR count). The van der Waals surface area contributed by atoms with Crippen LogP contribution in [0, 0.1) is 0 Å². The first-order valence-electron chi connectivity index (χ1n) is 8.77. The zero-order chi connectivity index (χ0) is 18.2. The maximum Gasteiger partial charge on any atom is 0.315 e. The minimum Gasteiger partial charge on any atom is -0.426 e. The van der Waals surface area contributed by atoms with Gasteiger partial charge in [-0.05, 0) is 64.6 Å². The molecule has 0 heterocycles. The van der Waals surface area contributed by atoms with Gasteiger partial charge in [0, 0.05) is 5.02 Å².